The number of amides is 1. The van der Waals surface area contributed by atoms with Crippen molar-refractivity contribution in [2.75, 3.05) is 33.2 Å². The summed E-state index contributed by atoms with van der Waals surface area (Å²) in [5.41, 5.74) is 1.40. The van der Waals surface area contributed by atoms with Crippen molar-refractivity contribution in [1.82, 2.24) is 15.5 Å². The van der Waals surface area contributed by atoms with E-state index >= 15 is 0 Å². The van der Waals surface area contributed by atoms with Crippen LogP contribution in [-0.2, 0) is 0 Å². The highest BCUT2D eigenvalue weighted by molar-refractivity contribution is 7.12. The summed E-state index contributed by atoms with van der Waals surface area (Å²) >= 11 is 1.47. The molecule has 1 atom stereocenters. The zero-order chi connectivity index (χ0) is 18.2. The van der Waals surface area contributed by atoms with E-state index in [4.69, 9.17) is 0 Å². The van der Waals surface area contributed by atoms with Gasteiger partial charge < -0.3 is 15.5 Å². The van der Waals surface area contributed by atoms with Crippen LogP contribution in [0.3, 0.4) is 0 Å². The van der Waals surface area contributed by atoms with Crippen molar-refractivity contribution >= 4 is 23.2 Å². The molecule has 0 bridgehead atoms. The maximum Gasteiger partial charge on any atom is 0.261 e. The first kappa shape index (κ1) is 18.5. The fourth-order valence-electron chi connectivity index (χ4n) is 3.27. The van der Waals surface area contributed by atoms with Gasteiger partial charge in [-0.15, -0.1) is 11.3 Å². The van der Waals surface area contributed by atoms with Gasteiger partial charge in [-0.3, -0.25) is 9.79 Å². The number of rotatable bonds is 6. The van der Waals surface area contributed by atoms with Gasteiger partial charge in [-0.25, -0.2) is 0 Å². The minimum absolute atomic E-state index is 0.00891. The number of nitrogens with zero attached hydrogens (tertiary/aromatic N) is 2. The molecule has 1 aromatic heterocycles. The molecule has 5 nitrogen and oxygen atoms in total. The number of carbonyl (C=O) groups is 1. The third kappa shape index (κ3) is 4.85. The van der Waals surface area contributed by atoms with Crippen molar-refractivity contribution in [2.45, 2.75) is 18.8 Å². The van der Waals surface area contributed by atoms with Gasteiger partial charge in [0.15, 0.2) is 5.96 Å². The van der Waals surface area contributed by atoms with Crippen LogP contribution in [-0.4, -0.2) is 50.0 Å². The zero-order valence-electron chi connectivity index (χ0n) is 15.1. The molecule has 2 heterocycles. The van der Waals surface area contributed by atoms with Crippen LogP contribution in [0.5, 0.6) is 0 Å². The van der Waals surface area contributed by atoms with Crippen LogP contribution in [0.1, 0.15) is 34.0 Å². The molecular weight excluding hydrogens is 344 g/mol. The molecule has 1 amide bonds. The van der Waals surface area contributed by atoms with E-state index in [1.54, 1.807) is 0 Å². The summed E-state index contributed by atoms with van der Waals surface area (Å²) in [6.45, 7) is 3.48. The van der Waals surface area contributed by atoms with Crippen molar-refractivity contribution in [1.29, 1.82) is 0 Å². The summed E-state index contributed by atoms with van der Waals surface area (Å²) in [5, 5.41) is 8.29. The Hall–Kier alpha value is -2.34. The van der Waals surface area contributed by atoms with E-state index in [1.165, 1.54) is 16.9 Å². The van der Waals surface area contributed by atoms with E-state index in [1.807, 2.05) is 24.6 Å². The lowest BCUT2D eigenvalue weighted by atomic mass is 9.99. The molecule has 138 valence electrons. The minimum atomic E-state index is 0.00891. The van der Waals surface area contributed by atoms with E-state index in [2.05, 4.69) is 50.9 Å². The SMILES string of the molecule is CN=C(NCCCNC(=O)c1cccs1)N1CCC(c2ccccc2)C1. The number of benzene rings is 1. The van der Waals surface area contributed by atoms with Crippen LogP contribution in [0.4, 0.5) is 0 Å². The van der Waals surface area contributed by atoms with Crippen molar-refractivity contribution in [2.24, 2.45) is 4.99 Å². The topological polar surface area (TPSA) is 56.7 Å². The molecule has 1 saturated heterocycles. The van der Waals surface area contributed by atoms with E-state index in [-0.39, 0.29) is 5.91 Å². The summed E-state index contributed by atoms with van der Waals surface area (Å²) in [4.78, 5) is 19.4. The second kappa shape index (κ2) is 9.38. The van der Waals surface area contributed by atoms with Crippen LogP contribution < -0.4 is 10.6 Å². The number of carbonyl (C=O) groups excluding carboxylic acids is 1. The molecule has 1 aliphatic heterocycles. The van der Waals surface area contributed by atoms with Gasteiger partial charge in [0.25, 0.3) is 5.91 Å². The predicted molar refractivity (Wildman–Crippen MR) is 108 cm³/mol. The molecule has 2 aromatic rings. The number of hydrogen-bond donors (Lipinski definition) is 2. The first-order chi connectivity index (χ1) is 12.8. The first-order valence-corrected chi connectivity index (χ1v) is 9.98. The molecule has 1 unspecified atom stereocenters. The van der Waals surface area contributed by atoms with E-state index in [9.17, 15) is 4.79 Å². The van der Waals surface area contributed by atoms with Gasteiger partial charge in [-0.05, 0) is 29.9 Å². The maximum atomic E-state index is 11.9. The highest BCUT2D eigenvalue weighted by Gasteiger charge is 2.25. The van der Waals surface area contributed by atoms with Crippen LogP contribution in [0.15, 0.2) is 52.8 Å². The molecule has 1 aromatic carbocycles. The zero-order valence-corrected chi connectivity index (χ0v) is 16.0. The highest BCUT2D eigenvalue weighted by Crippen LogP contribution is 2.26. The molecule has 1 aliphatic rings. The second-order valence-corrected chi connectivity index (χ2v) is 7.35. The van der Waals surface area contributed by atoms with Gasteiger partial charge in [0.1, 0.15) is 0 Å². The highest BCUT2D eigenvalue weighted by atomic mass is 32.1. The Labute approximate surface area is 159 Å². The molecule has 2 N–H and O–H groups in total. The van der Waals surface area contributed by atoms with Crippen molar-refractivity contribution in [3.05, 3.63) is 58.3 Å². The molecule has 0 aliphatic carbocycles. The van der Waals surface area contributed by atoms with Crippen molar-refractivity contribution < 1.29 is 4.79 Å². The monoisotopic (exact) mass is 370 g/mol. The van der Waals surface area contributed by atoms with E-state index in [0.717, 1.165) is 43.3 Å². The standard InChI is InChI=1S/C20H26N4OS/c1-21-20(23-12-6-11-22-19(25)18-9-5-14-26-18)24-13-10-17(15-24)16-7-3-2-4-8-16/h2-5,7-9,14,17H,6,10-13,15H2,1H3,(H,21,23)(H,22,25). The van der Waals surface area contributed by atoms with Crippen LogP contribution >= 0.6 is 11.3 Å². The van der Waals surface area contributed by atoms with Gasteiger partial charge in [-0.1, -0.05) is 36.4 Å². The quantitative estimate of drug-likeness (QED) is 0.467. The molecule has 3 rings (SSSR count). The average Bonchev–Trinajstić information content (AvgIpc) is 3.37. The largest absolute Gasteiger partial charge is 0.356 e. The molecule has 0 spiro atoms. The van der Waals surface area contributed by atoms with Gasteiger partial charge in [0.05, 0.1) is 4.88 Å². The summed E-state index contributed by atoms with van der Waals surface area (Å²) in [5.74, 6) is 1.53. The van der Waals surface area contributed by atoms with E-state index < -0.39 is 0 Å². The Morgan fingerprint density at radius 1 is 1.19 bits per heavy atom. The Kier molecular flexibility index (Phi) is 6.66. The minimum Gasteiger partial charge on any atom is -0.356 e. The number of guanidine groups is 1. The Balaban J connectivity index is 1.38. The Bertz CT molecular complexity index is 715. The van der Waals surface area contributed by atoms with Gasteiger partial charge in [-0.2, -0.15) is 0 Å². The summed E-state index contributed by atoms with van der Waals surface area (Å²) in [6.07, 6.45) is 2.02. The van der Waals surface area contributed by atoms with Crippen LogP contribution in [0, 0.1) is 0 Å². The Morgan fingerprint density at radius 2 is 2.00 bits per heavy atom. The lowest BCUT2D eigenvalue weighted by Crippen LogP contribution is -2.41. The van der Waals surface area contributed by atoms with Crippen LogP contribution in [0.2, 0.25) is 0 Å². The molecular formula is C20H26N4OS. The maximum absolute atomic E-state index is 11.9. The third-order valence-electron chi connectivity index (χ3n) is 4.64. The molecule has 1 fully saturated rings. The first-order valence-electron chi connectivity index (χ1n) is 9.10. The second-order valence-electron chi connectivity index (χ2n) is 6.40. The summed E-state index contributed by atoms with van der Waals surface area (Å²) in [6, 6.07) is 14.4. The smallest absolute Gasteiger partial charge is 0.261 e. The summed E-state index contributed by atoms with van der Waals surface area (Å²) in [7, 11) is 1.83. The number of thiophene rings is 1. The van der Waals surface area contributed by atoms with Crippen molar-refractivity contribution in [3.8, 4) is 0 Å². The third-order valence-corrected chi connectivity index (χ3v) is 5.51. The van der Waals surface area contributed by atoms with Crippen molar-refractivity contribution in [3.63, 3.8) is 0 Å². The number of nitrogens with one attached hydrogen (secondary N) is 2. The molecule has 26 heavy (non-hydrogen) atoms. The number of likely N-dealkylation sites (tertiary alicyclic amines) is 1. The molecule has 0 saturated carbocycles. The number of aliphatic imine (C=N–C) groups is 1. The fourth-order valence-corrected chi connectivity index (χ4v) is 3.91. The van der Waals surface area contributed by atoms with E-state index in [0.29, 0.717) is 12.5 Å². The molecule has 0 radical (unpaired) electrons. The summed E-state index contributed by atoms with van der Waals surface area (Å²) < 4.78 is 0. The van der Waals surface area contributed by atoms with Gasteiger partial charge in [0.2, 0.25) is 0 Å². The fraction of sp³-hybridized carbons (Fsp3) is 0.400. The lowest BCUT2D eigenvalue weighted by Gasteiger charge is -2.22. The average molecular weight is 371 g/mol. The molecule has 6 heteroatoms. The van der Waals surface area contributed by atoms with Crippen LogP contribution in [0.25, 0.3) is 0 Å². The van der Waals surface area contributed by atoms with Gasteiger partial charge in [0, 0.05) is 39.1 Å². The number of hydrogen-bond acceptors (Lipinski definition) is 3. The van der Waals surface area contributed by atoms with Gasteiger partial charge >= 0.3 is 0 Å². The normalized spacial score (nSPS) is 17.3. The predicted octanol–water partition coefficient (Wildman–Crippen LogP) is 2.93. The Morgan fingerprint density at radius 3 is 2.73 bits per heavy atom. The lowest BCUT2D eigenvalue weighted by molar-refractivity contribution is 0.0957.